The first-order chi connectivity index (χ1) is 10.0. The van der Waals surface area contributed by atoms with E-state index >= 15 is 0 Å². The fourth-order valence-corrected chi connectivity index (χ4v) is 2.62. The molecule has 5 heteroatoms. The van der Waals surface area contributed by atoms with Gasteiger partial charge in [-0.1, -0.05) is 19.1 Å². The van der Waals surface area contributed by atoms with Crippen LogP contribution in [-0.2, 0) is 4.79 Å². The summed E-state index contributed by atoms with van der Waals surface area (Å²) in [6, 6.07) is 7.30. The molecule has 1 aromatic carbocycles. The van der Waals surface area contributed by atoms with Crippen molar-refractivity contribution in [2.45, 2.75) is 26.2 Å². The second-order valence-electron chi connectivity index (χ2n) is 5.76. The molecule has 0 saturated carbocycles. The Hall–Kier alpha value is -1.46. The molecule has 1 aliphatic rings. The zero-order valence-electron chi connectivity index (χ0n) is 12.5. The lowest BCUT2D eigenvalue weighted by atomic mass is 9.99. The zero-order valence-corrected chi connectivity index (χ0v) is 13.3. The zero-order chi connectivity index (χ0) is 15.2. The van der Waals surface area contributed by atoms with Crippen LogP contribution in [0.25, 0.3) is 0 Å². The van der Waals surface area contributed by atoms with Crippen LogP contribution < -0.4 is 11.1 Å². The second-order valence-corrected chi connectivity index (χ2v) is 6.20. The number of hydrogen-bond donors (Lipinski definition) is 2. The molecule has 0 unspecified atom stereocenters. The largest absolute Gasteiger partial charge is 0.389 e. The van der Waals surface area contributed by atoms with Gasteiger partial charge in [0.2, 0.25) is 5.91 Å². The molecule has 4 nitrogen and oxygen atoms in total. The van der Waals surface area contributed by atoms with E-state index in [1.807, 2.05) is 24.3 Å². The van der Waals surface area contributed by atoms with Crippen molar-refractivity contribution in [1.82, 2.24) is 4.90 Å². The molecule has 0 spiro atoms. The maximum atomic E-state index is 11.9. The summed E-state index contributed by atoms with van der Waals surface area (Å²) < 4.78 is 0. The SMILES string of the molecule is CC1CCN(CCC(=O)Nc2ccc(C(N)=S)cc2)CC1. The van der Waals surface area contributed by atoms with Gasteiger partial charge in [0.25, 0.3) is 0 Å². The van der Waals surface area contributed by atoms with Crippen molar-refractivity contribution in [3.8, 4) is 0 Å². The Balaban J connectivity index is 1.75. The van der Waals surface area contributed by atoms with Gasteiger partial charge in [-0.3, -0.25) is 4.79 Å². The number of benzene rings is 1. The molecule has 1 amide bonds. The Labute approximate surface area is 131 Å². The Morgan fingerprint density at radius 3 is 2.52 bits per heavy atom. The quantitative estimate of drug-likeness (QED) is 0.820. The molecule has 2 rings (SSSR count). The summed E-state index contributed by atoms with van der Waals surface area (Å²) in [6.45, 7) is 5.35. The van der Waals surface area contributed by atoms with Gasteiger partial charge < -0.3 is 16.0 Å². The number of rotatable bonds is 5. The predicted octanol–water partition coefficient (Wildman–Crippen LogP) is 2.38. The van der Waals surface area contributed by atoms with Crippen LogP contribution in [-0.4, -0.2) is 35.4 Å². The van der Waals surface area contributed by atoms with Crippen molar-refractivity contribution in [3.05, 3.63) is 29.8 Å². The van der Waals surface area contributed by atoms with Gasteiger partial charge in [-0.15, -0.1) is 0 Å². The normalized spacial score (nSPS) is 16.6. The van der Waals surface area contributed by atoms with E-state index in [4.69, 9.17) is 18.0 Å². The third kappa shape index (κ3) is 5.10. The van der Waals surface area contributed by atoms with Crippen LogP contribution in [0.1, 0.15) is 31.7 Å². The Kier molecular flexibility index (Phi) is 5.70. The van der Waals surface area contributed by atoms with Gasteiger partial charge in [-0.25, -0.2) is 0 Å². The molecule has 1 aromatic rings. The van der Waals surface area contributed by atoms with E-state index in [2.05, 4.69) is 17.1 Å². The summed E-state index contributed by atoms with van der Waals surface area (Å²) in [6.07, 6.45) is 3.01. The number of nitrogens with two attached hydrogens (primary N) is 1. The summed E-state index contributed by atoms with van der Waals surface area (Å²) in [4.78, 5) is 14.7. The van der Waals surface area contributed by atoms with E-state index < -0.39 is 0 Å². The third-order valence-electron chi connectivity index (χ3n) is 3.98. The van der Waals surface area contributed by atoms with E-state index in [9.17, 15) is 4.79 Å². The van der Waals surface area contributed by atoms with Crippen LogP contribution in [0.4, 0.5) is 5.69 Å². The first-order valence-electron chi connectivity index (χ1n) is 7.46. The first kappa shape index (κ1) is 15.9. The predicted molar refractivity (Wildman–Crippen MR) is 90.4 cm³/mol. The van der Waals surface area contributed by atoms with Crippen molar-refractivity contribution >= 4 is 28.8 Å². The van der Waals surface area contributed by atoms with Crippen LogP contribution in [0.5, 0.6) is 0 Å². The number of likely N-dealkylation sites (tertiary alicyclic amines) is 1. The van der Waals surface area contributed by atoms with Crippen LogP contribution in [0.15, 0.2) is 24.3 Å². The summed E-state index contributed by atoms with van der Waals surface area (Å²) >= 11 is 4.90. The van der Waals surface area contributed by atoms with Gasteiger partial charge in [-0.05, 0) is 56.1 Å². The average Bonchev–Trinajstić information content (AvgIpc) is 2.47. The molecule has 1 saturated heterocycles. The van der Waals surface area contributed by atoms with Crippen molar-refractivity contribution in [2.75, 3.05) is 25.0 Å². The minimum absolute atomic E-state index is 0.0525. The molecule has 1 heterocycles. The van der Waals surface area contributed by atoms with Crippen LogP contribution in [0.3, 0.4) is 0 Å². The van der Waals surface area contributed by atoms with Crippen LogP contribution in [0.2, 0.25) is 0 Å². The molecule has 0 aliphatic carbocycles. The fraction of sp³-hybridized carbons (Fsp3) is 0.500. The highest BCUT2D eigenvalue weighted by atomic mass is 32.1. The number of piperidine rings is 1. The van der Waals surface area contributed by atoms with Crippen LogP contribution in [0, 0.1) is 5.92 Å². The highest BCUT2D eigenvalue weighted by Gasteiger charge is 2.16. The third-order valence-corrected chi connectivity index (χ3v) is 4.22. The molecular formula is C16H23N3OS. The number of anilines is 1. The van der Waals surface area contributed by atoms with Gasteiger partial charge in [0.05, 0.1) is 0 Å². The van der Waals surface area contributed by atoms with Gasteiger partial charge in [0.15, 0.2) is 0 Å². The molecule has 114 valence electrons. The molecule has 1 fully saturated rings. The first-order valence-corrected chi connectivity index (χ1v) is 7.87. The molecule has 1 aliphatic heterocycles. The lowest BCUT2D eigenvalue weighted by molar-refractivity contribution is -0.116. The van der Waals surface area contributed by atoms with E-state index in [0.29, 0.717) is 11.4 Å². The number of thiocarbonyl (C=S) groups is 1. The fourth-order valence-electron chi connectivity index (χ4n) is 2.49. The van der Waals surface area contributed by atoms with Crippen molar-refractivity contribution < 1.29 is 4.79 Å². The Morgan fingerprint density at radius 2 is 1.95 bits per heavy atom. The minimum atomic E-state index is 0.0525. The van der Waals surface area contributed by atoms with E-state index in [1.54, 1.807) is 0 Å². The second kappa shape index (κ2) is 7.52. The van der Waals surface area contributed by atoms with Crippen molar-refractivity contribution in [3.63, 3.8) is 0 Å². The standard InChI is InChI=1S/C16H23N3OS/c1-12-6-9-19(10-7-12)11-8-15(20)18-14-4-2-13(3-5-14)16(17)21/h2-5,12H,6-11H2,1H3,(H2,17,21)(H,18,20). The molecule has 0 atom stereocenters. The number of carbonyl (C=O) groups is 1. The summed E-state index contributed by atoms with van der Waals surface area (Å²) in [5.41, 5.74) is 7.14. The lowest BCUT2D eigenvalue weighted by Gasteiger charge is -2.29. The number of amides is 1. The minimum Gasteiger partial charge on any atom is -0.389 e. The molecule has 21 heavy (non-hydrogen) atoms. The summed E-state index contributed by atoms with van der Waals surface area (Å²) in [7, 11) is 0. The smallest absolute Gasteiger partial charge is 0.225 e. The number of carbonyl (C=O) groups excluding carboxylic acids is 1. The maximum Gasteiger partial charge on any atom is 0.225 e. The highest BCUT2D eigenvalue weighted by Crippen LogP contribution is 2.16. The highest BCUT2D eigenvalue weighted by molar-refractivity contribution is 7.80. The van der Waals surface area contributed by atoms with Gasteiger partial charge in [-0.2, -0.15) is 0 Å². The molecule has 0 aromatic heterocycles. The van der Waals surface area contributed by atoms with Gasteiger partial charge >= 0.3 is 0 Å². The van der Waals surface area contributed by atoms with Gasteiger partial charge in [0, 0.05) is 24.2 Å². The summed E-state index contributed by atoms with van der Waals surface area (Å²) in [5, 5.41) is 2.91. The average molecular weight is 305 g/mol. The lowest BCUT2D eigenvalue weighted by Crippen LogP contribution is -2.35. The topological polar surface area (TPSA) is 58.4 Å². The molecule has 0 bridgehead atoms. The molecular weight excluding hydrogens is 282 g/mol. The molecule has 3 N–H and O–H groups in total. The van der Waals surface area contributed by atoms with Crippen molar-refractivity contribution in [1.29, 1.82) is 0 Å². The number of nitrogens with zero attached hydrogens (tertiary/aromatic N) is 1. The number of hydrogen-bond acceptors (Lipinski definition) is 3. The number of nitrogens with one attached hydrogen (secondary N) is 1. The van der Waals surface area contributed by atoms with Gasteiger partial charge in [0.1, 0.15) is 4.99 Å². The molecule has 0 radical (unpaired) electrons. The summed E-state index contributed by atoms with van der Waals surface area (Å²) in [5.74, 6) is 0.874. The van der Waals surface area contributed by atoms with E-state index in [0.717, 1.165) is 36.8 Å². The van der Waals surface area contributed by atoms with Crippen LogP contribution >= 0.6 is 12.2 Å². The van der Waals surface area contributed by atoms with E-state index in [1.165, 1.54) is 12.8 Å². The Morgan fingerprint density at radius 1 is 1.33 bits per heavy atom. The monoisotopic (exact) mass is 305 g/mol. The van der Waals surface area contributed by atoms with E-state index in [-0.39, 0.29) is 5.91 Å². The Bertz CT molecular complexity index is 493. The van der Waals surface area contributed by atoms with Crippen molar-refractivity contribution in [2.24, 2.45) is 11.7 Å². The maximum absolute atomic E-state index is 11.9.